The maximum Gasteiger partial charge on any atom is 0.422 e. The molecule has 3 rings (SSSR count). The molecule has 7 nitrogen and oxygen atoms in total. The summed E-state index contributed by atoms with van der Waals surface area (Å²) in [5, 5.41) is 16.9. The van der Waals surface area contributed by atoms with Crippen molar-refractivity contribution in [1.29, 1.82) is 5.41 Å². The van der Waals surface area contributed by atoms with Gasteiger partial charge in [0.1, 0.15) is 5.71 Å². The summed E-state index contributed by atoms with van der Waals surface area (Å²) in [5.41, 5.74) is -0.627. The molecule has 2 unspecified atom stereocenters. The van der Waals surface area contributed by atoms with Crippen LogP contribution in [0.15, 0.2) is 24.4 Å². The van der Waals surface area contributed by atoms with Crippen LogP contribution in [-0.2, 0) is 9.59 Å². The minimum atomic E-state index is -4.47. The van der Waals surface area contributed by atoms with Crippen molar-refractivity contribution in [2.75, 3.05) is 13.2 Å². The monoisotopic (exact) mass is 397 g/mol. The molecule has 1 aliphatic carbocycles. The van der Waals surface area contributed by atoms with E-state index in [1.807, 2.05) is 0 Å². The number of rotatable bonds is 6. The Kier molecular flexibility index (Phi) is 4.68. The highest BCUT2D eigenvalue weighted by atomic mass is 19.4. The van der Waals surface area contributed by atoms with Gasteiger partial charge in [-0.05, 0) is 25.5 Å². The van der Waals surface area contributed by atoms with Crippen LogP contribution in [0.1, 0.15) is 24.1 Å². The van der Waals surface area contributed by atoms with Crippen LogP contribution >= 0.6 is 0 Å². The Morgan fingerprint density at radius 2 is 2.14 bits per heavy atom. The fraction of sp³-hybridized carbons (Fsp3) is 0.444. The summed E-state index contributed by atoms with van der Waals surface area (Å²) >= 11 is 0. The van der Waals surface area contributed by atoms with Gasteiger partial charge in [-0.2, -0.15) is 13.2 Å². The molecule has 0 radical (unpaired) electrons. The first-order chi connectivity index (χ1) is 13.0. The van der Waals surface area contributed by atoms with Crippen LogP contribution in [0.2, 0.25) is 0 Å². The van der Waals surface area contributed by atoms with Gasteiger partial charge in [-0.15, -0.1) is 0 Å². The minimum Gasteiger partial charge on any atom is -0.477 e. The van der Waals surface area contributed by atoms with Gasteiger partial charge < -0.3 is 14.7 Å². The lowest BCUT2D eigenvalue weighted by Crippen LogP contribution is -2.31. The van der Waals surface area contributed by atoms with Gasteiger partial charge in [-0.3, -0.25) is 10.2 Å². The largest absolute Gasteiger partial charge is 0.477 e. The normalized spacial score (nSPS) is 21.1. The lowest BCUT2D eigenvalue weighted by molar-refractivity contribution is -0.154. The van der Waals surface area contributed by atoms with Gasteiger partial charge in [0.15, 0.2) is 6.61 Å². The quantitative estimate of drug-likeness (QED) is 0.567. The van der Waals surface area contributed by atoms with Gasteiger partial charge >= 0.3 is 12.1 Å². The van der Waals surface area contributed by atoms with E-state index in [9.17, 15) is 22.8 Å². The van der Waals surface area contributed by atoms with Crippen LogP contribution in [0.25, 0.3) is 0 Å². The van der Waals surface area contributed by atoms with Crippen LogP contribution in [0.4, 0.5) is 13.2 Å². The summed E-state index contributed by atoms with van der Waals surface area (Å²) in [4.78, 5) is 29.4. The number of aromatic nitrogens is 1. The number of carbonyl (C=O) groups is 2. The molecule has 1 saturated heterocycles. The molecule has 28 heavy (non-hydrogen) atoms. The third-order valence-corrected chi connectivity index (χ3v) is 5.07. The van der Waals surface area contributed by atoms with Crippen molar-refractivity contribution in [1.82, 2.24) is 9.88 Å². The number of amides is 1. The Bertz CT molecular complexity index is 875. The van der Waals surface area contributed by atoms with Crippen molar-refractivity contribution < 1.29 is 32.6 Å². The van der Waals surface area contributed by atoms with Gasteiger partial charge in [0.25, 0.3) is 0 Å². The van der Waals surface area contributed by atoms with Crippen molar-refractivity contribution >= 4 is 17.6 Å². The van der Waals surface area contributed by atoms with E-state index >= 15 is 0 Å². The van der Waals surface area contributed by atoms with Crippen molar-refractivity contribution in [2.45, 2.75) is 26.1 Å². The molecule has 2 atom stereocenters. The zero-order valence-corrected chi connectivity index (χ0v) is 15.1. The van der Waals surface area contributed by atoms with Crippen LogP contribution in [0, 0.1) is 23.7 Å². The highest BCUT2D eigenvalue weighted by Gasteiger charge is 2.60. The number of pyridine rings is 1. The first-order valence-electron chi connectivity index (χ1n) is 8.45. The Morgan fingerprint density at radius 3 is 2.64 bits per heavy atom. The van der Waals surface area contributed by atoms with Gasteiger partial charge in [-0.25, -0.2) is 9.78 Å². The van der Waals surface area contributed by atoms with Gasteiger partial charge in [-0.1, -0.05) is 12.2 Å². The highest BCUT2D eigenvalue weighted by Crippen LogP contribution is 2.51. The standard InChI is InChI=1S/C18H18F3N3O4/c1-9-5-11(6-23-14(9)28-8-18(19,20)21)10(2)24-7-12(13(22)15(25)26)17(3-4-17)16(24)27/h3-6,10,12,22H,7-8H2,1-2H3,(H,25,26). The molecule has 1 fully saturated rings. The number of ether oxygens (including phenoxy) is 1. The topological polar surface area (TPSA) is 104 Å². The molecule has 0 bridgehead atoms. The number of carboxylic acid groups (broad SMARTS) is 1. The molecule has 1 spiro atoms. The number of halogens is 3. The second-order valence-corrected chi connectivity index (χ2v) is 6.97. The summed E-state index contributed by atoms with van der Waals surface area (Å²) in [6.45, 7) is 1.87. The smallest absolute Gasteiger partial charge is 0.422 e. The molecular formula is C18H18F3N3O4. The summed E-state index contributed by atoms with van der Waals surface area (Å²) in [7, 11) is 0. The van der Waals surface area contributed by atoms with Crippen molar-refractivity contribution in [3.63, 3.8) is 0 Å². The maximum absolute atomic E-state index is 12.8. The van der Waals surface area contributed by atoms with Crippen LogP contribution < -0.4 is 4.74 Å². The van der Waals surface area contributed by atoms with E-state index in [0.717, 1.165) is 0 Å². The van der Waals surface area contributed by atoms with Gasteiger partial charge in [0.2, 0.25) is 11.8 Å². The Hall–Kier alpha value is -2.91. The Morgan fingerprint density at radius 1 is 1.50 bits per heavy atom. The number of likely N-dealkylation sites (tertiary alicyclic amines) is 1. The predicted molar refractivity (Wildman–Crippen MR) is 91.1 cm³/mol. The van der Waals surface area contributed by atoms with E-state index in [0.29, 0.717) is 11.1 Å². The number of hydrogen-bond acceptors (Lipinski definition) is 5. The van der Waals surface area contributed by atoms with Crippen molar-refractivity contribution in [3.8, 4) is 5.88 Å². The second-order valence-electron chi connectivity index (χ2n) is 6.97. The molecule has 150 valence electrons. The summed E-state index contributed by atoms with van der Waals surface area (Å²) < 4.78 is 41.6. The average Bonchev–Trinajstić information content (AvgIpc) is 3.35. The van der Waals surface area contributed by atoms with Crippen LogP contribution in [0.3, 0.4) is 0 Å². The van der Waals surface area contributed by atoms with E-state index in [4.69, 9.17) is 10.5 Å². The Labute approximate surface area is 158 Å². The average molecular weight is 397 g/mol. The number of aryl methyl sites for hydroxylation is 1. The Balaban J connectivity index is 1.78. The second kappa shape index (κ2) is 6.61. The molecule has 1 amide bonds. The van der Waals surface area contributed by atoms with Gasteiger partial charge in [0, 0.05) is 24.2 Å². The SMILES string of the molecule is Cc1cc(C(C)N2CC(C(=N)C(=O)O)C3(C=C3)C2=O)cnc1OCC(F)(F)F. The van der Waals surface area contributed by atoms with Crippen molar-refractivity contribution in [2.24, 2.45) is 11.3 Å². The molecule has 1 aromatic heterocycles. The van der Waals surface area contributed by atoms with Crippen LogP contribution in [0.5, 0.6) is 5.88 Å². The number of aliphatic carboxylic acids is 1. The highest BCUT2D eigenvalue weighted by molar-refractivity contribution is 6.36. The molecule has 0 aromatic carbocycles. The lowest BCUT2D eigenvalue weighted by atomic mass is 9.86. The number of nitrogens with one attached hydrogen (secondary N) is 1. The molecule has 1 aromatic rings. The number of hydrogen-bond donors (Lipinski definition) is 2. The number of carbonyl (C=O) groups excluding carboxylic acids is 1. The zero-order valence-electron chi connectivity index (χ0n) is 15.1. The lowest BCUT2D eigenvalue weighted by Gasteiger charge is -2.25. The van der Waals surface area contributed by atoms with E-state index in [1.165, 1.54) is 11.1 Å². The fourth-order valence-corrected chi connectivity index (χ4v) is 3.40. The van der Waals surface area contributed by atoms with E-state index in [2.05, 4.69) is 9.72 Å². The first-order valence-corrected chi connectivity index (χ1v) is 8.45. The first kappa shape index (κ1) is 19.8. The molecule has 2 N–H and O–H groups in total. The molecular weight excluding hydrogens is 379 g/mol. The van der Waals surface area contributed by atoms with Crippen molar-refractivity contribution in [3.05, 3.63) is 35.5 Å². The molecule has 10 heteroatoms. The third kappa shape index (κ3) is 3.46. The third-order valence-electron chi connectivity index (χ3n) is 5.07. The van der Waals surface area contributed by atoms with Crippen LogP contribution in [-0.4, -0.2) is 51.9 Å². The van der Waals surface area contributed by atoms with Gasteiger partial charge in [0.05, 0.1) is 11.5 Å². The minimum absolute atomic E-state index is 0.0590. The summed E-state index contributed by atoms with van der Waals surface area (Å²) in [5.74, 6) is -2.59. The number of alkyl halides is 3. The predicted octanol–water partition coefficient (Wildman–Crippen LogP) is 2.51. The number of nitrogens with zero attached hydrogens (tertiary/aromatic N) is 2. The number of carboxylic acids is 1. The van der Waals surface area contributed by atoms with E-state index in [1.54, 1.807) is 32.1 Å². The summed E-state index contributed by atoms with van der Waals surface area (Å²) in [6, 6.07) is 1.08. The molecule has 0 saturated carbocycles. The fourth-order valence-electron chi connectivity index (χ4n) is 3.40. The van der Waals surface area contributed by atoms with E-state index in [-0.39, 0.29) is 18.3 Å². The molecule has 2 heterocycles. The zero-order chi connectivity index (χ0) is 20.9. The summed E-state index contributed by atoms with van der Waals surface area (Å²) in [6.07, 6.45) is 0.0559. The molecule has 2 aliphatic rings. The molecule has 1 aliphatic heterocycles. The van der Waals surface area contributed by atoms with E-state index < -0.39 is 41.8 Å². The maximum atomic E-state index is 12.8.